The van der Waals surface area contributed by atoms with Crippen molar-refractivity contribution in [1.82, 2.24) is 4.57 Å². The van der Waals surface area contributed by atoms with E-state index in [2.05, 4.69) is 20.9 Å². The quantitative estimate of drug-likeness (QED) is 0.419. The average molecular weight is 608 g/mol. The van der Waals surface area contributed by atoms with E-state index in [9.17, 15) is 14.7 Å². The summed E-state index contributed by atoms with van der Waals surface area (Å²) in [5, 5.41) is 10.2. The minimum atomic E-state index is -0.838. The Hall–Kier alpha value is -3.08. The number of benzene rings is 2. The molecule has 0 spiro atoms. The van der Waals surface area contributed by atoms with E-state index in [0.717, 1.165) is 4.47 Å². The first-order chi connectivity index (χ1) is 17.5. The van der Waals surface area contributed by atoms with Crippen LogP contribution in [0.1, 0.15) is 37.9 Å². The largest absolute Gasteiger partial charge is 0.503 e. The lowest BCUT2D eigenvalue weighted by Crippen LogP contribution is -2.40. The van der Waals surface area contributed by atoms with Gasteiger partial charge < -0.3 is 19.3 Å². The summed E-state index contributed by atoms with van der Waals surface area (Å²) in [4.78, 5) is 32.1. The second-order valence-electron chi connectivity index (χ2n) is 8.48. The number of rotatable bonds is 6. The summed E-state index contributed by atoms with van der Waals surface area (Å²) in [5.41, 5.74) is 1.49. The summed E-state index contributed by atoms with van der Waals surface area (Å²) < 4.78 is 18.9. The Kier molecular flexibility index (Phi) is 7.82. The number of halogens is 2. The number of carbonyl (C=O) groups excluding carboxylic acids is 1. The number of hydrogen-bond acceptors (Lipinski definition) is 8. The second-order valence-corrected chi connectivity index (χ2v) is 10.8. The van der Waals surface area contributed by atoms with Crippen LogP contribution in [0.4, 0.5) is 0 Å². The molecule has 11 heteroatoms. The number of aromatic nitrogens is 1. The third-order valence-electron chi connectivity index (χ3n) is 5.64. The van der Waals surface area contributed by atoms with Gasteiger partial charge in [0.05, 0.1) is 41.1 Å². The number of hydrogen-bond donors (Lipinski definition) is 1. The van der Waals surface area contributed by atoms with E-state index in [1.165, 1.54) is 36.2 Å². The fraction of sp³-hybridized carbons (Fsp3) is 0.269. The molecule has 1 aliphatic heterocycles. The molecule has 0 radical (unpaired) electrons. The van der Waals surface area contributed by atoms with Gasteiger partial charge in [-0.05, 0) is 62.7 Å². The van der Waals surface area contributed by atoms with Gasteiger partial charge in [0, 0.05) is 10.0 Å². The number of methoxy groups -OCH3 is 2. The number of nitrogens with zero attached hydrogens (tertiary/aromatic N) is 2. The summed E-state index contributed by atoms with van der Waals surface area (Å²) in [7, 11) is 2.94. The topological polar surface area (TPSA) is 99.4 Å². The van der Waals surface area contributed by atoms with Crippen LogP contribution in [-0.2, 0) is 9.53 Å². The highest BCUT2D eigenvalue weighted by atomic mass is 79.9. The van der Waals surface area contributed by atoms with Gasteiger partial charge in [0.1, 0.15) is 11.8 Å². The molecule has 1 aromatic heterocycles. The lowest BCUT2D eigenvalue weighted by Gasteiger charge is -2.26. The number of fused-ring (bicyclic) bond motifs is 1. The molecule has 2 aromatic carbocycles. The first kappa shape index (κ1) is 27.0. The van der Waals surface area contributed by atoms with Crippen molar-refractivity contribution >= 4 is 50.9 Å². The fourth-order valence-electron chi connectivity index (χ4n) is 4.06. The van der Waals surface area contributed by atoms with Gasteiger partial charge in [-0.25, -0.2) is 9.79 Å². The number of carbonyl (C=O) groups is 1. The normalized spacial score (nSPS) is 15.5. The molecule has 0 saturated carbocycles. The molecule has 0 unspecified atom stereocenters. The monoisotopic (exact) mass is 606 g/mol. The van der Waals surface area contributed by atoms with Crippen LogP contribution in [0.15, 0.2) is 55.9 Å². The molecule has 4 rings (SSSR count). The van der Waals surface area contributed by atoms with Crippen molar-refractivity contribution in [2.45, 2.75) is 32.9 Å². The smallest absolute Gasteiger partial charge is 0.338 e. The molecular formula is C26H24BrClN2O6S. The van der Waals surface area contributed by atoms with E-state index in [-0.39, 0.29) is 33.8 Å². The van der Waals surface area contributed by atoms with Crippen LogP contribution in [0.25, 0.3) is 6.08 Å². The average Bonchev–Trinajstić information content (AvgIpc) is 3.14. The van der Waals surface area contributed by atoms with Crippen LogP contribution >= 0.6 is 38.9 Å². The van der Waals surface area contributed by atoms with Gasteiger partial charge in [0.25, 0.3) is 5.56 Å². The van der Waals surface area contributed by atoms with Gasteiger partial charge in [-0.15, -0.1) is 0 Å². The number of esters is 1. The molecule has 2 heterocycles. The predicted molar refractivity (Wildman–Crippen MR) is 145 cm³/mol. The van der Waals surface area contributed by atoms with Crippen molar-refractivity contribution in [3.8, 4) is 17.2 Å². The molecule has 3 aromatic rings. The van der Waals surface area contributed by atoms with Gasteiger partial charge in [-0.2, -0.15) is 0 Å². The van der Waals surface area contributed by atoms with Crippen molar-refractivity contribution in [3.63, 3.8) is 0 Å². The van der Waals surface area contributed by atoms with E-state index in [0.29, 0.717) is 31.9 Å². The molecule has 0 amide bonds. The lowest BCUT2D eigenvalue weighted by atomic mass is 9.95. The summed E-state index contributed by atoms with van der Waals surface area (Å²) in [6.07, 6.45) is 1.27. The van der Waals surface area contributed by atoms with Gasteiger partial charge in [0.2, 0.25) is 0 Å². The minimum Gasteiger partial charge on any atom is -0.503 e. The Morgan fingerprint density at radius 1 is 1.22 bits per heavy atom. The molecule has 0 saturated heterocycles. The molecule has 0 fully saturated rings. The van der Waals surface area contributed by atoms with Gasteiger partial charge in [-0.3, -0.25) is 9.36 Å². The number of ether oxygens (including phenoxy) is 3. The maximum absolute atomic E-state index is 13.8. The number of phenolic OH excluding ortho intramolecular Hbond substituents is 1. The number of allylic oxidation sites excluding steroid dienone is 1. The van der Waals surface area contributed by atoms with Crippen molar-refractivity contribution in [2.75, 3.05) is 14.2 Å². The van der Waals surface area contributed by atoms with Crippen LogP contribution in [0, 0.1) is 0 Å². The third-order valence-corrected chi connectivity index (χ3v) is 7.40. The van der Waals surface area contributed by atoms with Crippen LogP contribution < -0.4 is 24.4 Å². The van der Waals surface area contributed by atoms with Gasteiger partial charge >= 0.3 is 5.97 Å². The van der Waals surface area contributed by atoms with E-state index < -0.39 is 12.0 Å². The molecule has 0 bridgehead atoms. The van der Waals surface area contributed by atoms with E-state index >= 15 is 0 Å². The Morgan fingerprint density at radius 2 is 1.92 bits per heavy atom. The van der Waals surface area contributed by atoms with Gasteiger partial charge in [0.15, 0.2) is 16.3 Å². The Bertz CT molecular complexity index is 1610. The van der Waals surface area contributed by atoms with E-state index in [4.69, 9.17) is 25.8 Å². The highest BCUT2D eigenvalue weighted by molar-refractivity contribution is 9.10. The maximum atomic E-state index is 13.8. The zero-order valence-electron chi connectivity index (χ0n) is 20.7. The summed E-state index contributed by atoms with van der Waals surface area (Å²) >= 11 is 10.8. The molecule has 194 valence electrons. The standard InChI is InChI=1S/C26H24BrClN2O6S/c1-12(2)36-25(33)21-13(3)29-26-30(22(21)16-11-15(27)6-7-18(16)34-4)24(32)20(37-26)10-14-8-17(28)23(31)19(9-14)35-5/h6-12,22,31H,1-5H3/b20-10-/t22-/m1/s1. The number of thiazole rings is 1. The first-order valence-corrected chi connectivity index (χ1v) is 13.2. The van der Waals surface area contributed by atoms with Crippen molar-refractivity contribution in [2.24, 2.45) is 4.99 Å². The molecule has 1 N–H and O–H groups in total. The molecule has 0 aliphatic carbocycles. The predicted octanol–water partition coefficient (Wildman–Crippen LogP) is 4.33. The maximum Gasteiger partial charge on any atom is 0.338 e. The fourth-order valence-corrected chi connectivity index (χ4v) is 5.70. The first-order valence-electron chi connectivity index (χ1n) is 11.2. The Balaban J connectivity index is 2.00. The zero-order valence-corrected chi connectivity index (χ0v) is 23.8. The van der Waals surface area contributed by atoms with Crippen molar-refractivity contribution in [3.05, 3.63) is 81.9 Å². The third kappa shape index (κ3) is 5.18. The lowest BCUT2D eigenvalue weighted by molar-refractivity contribution is -0.143. The Labute approximate surface area is 230 Å². The summed E-state index contributed by atoms with van der Waals surface area (Å²) in [6, 6.07) is 7.66. The highest BCUT2D eigenvalue weighted by Crippen LogP contribution is 2.38. The number of phenols is 1. The molecule has 8 nitrogen and oxygen atoms in total. The highest BCUT2D eigenvalue weighted by Gasteiger charge is 2.35. The Morgan fingerprint density at radius 3 is 2.57 bits per heavy atom. The molecule has 37 heavy (non-hydrogen) atoms. The van der Waals surface area contributed by atoms with Crippen LogP contribution in [-0.4, -0.2) is 36.0 Å². The SMILES string of the molecule is COc1ccc(Br)cc1[C@@H]1C(C(=O)OC(C)C)=C(C)N=c2s/c(=C\c3cc(Cl)c(O)c(OC)c3)c(=O)n21. The van der Waals surface area contributed by atoms with Gasteiger partial charge in [-0.1, -0.05) is 38.9 Å². The summed E-state index contributed by atoms with van der Waals surface area (Å²) in [5.74, 6) is -0.0683. The minimum absolute atomic E-state index is 0.0877. The molecule has 1 atom stereocenters. The second kappa shape index (κ2) is 10.7. The molecular weight excluding hydrogens is 584 g/mol. The van der Waals surface area contributed by atoms with Crippen LogP contribution in [0.5, 0.6) is 17.2 Å². The van der Waals surface area contributed by atoms with Crippen molar-refractivity contribution in [1.29, 1.82) is 0 Å². The van der Waals surface area contributed by atoms with Crippen molar-refractivity contribution < 1.29 is 24.1 Å². The van der Waals surface area contributed by atoms with E-state index in [1.807, 2.05) is 12.1 Å². The molecule has 1 aliphatic rings. The zero-order chi connectivity index (χ0) is 27.0. The number of aromatic hydroxyl groups is 1. The van der Waals surface area contributed by atoms with Crippen LogP contribution in [0.3, 0.4) is 0 Å². The van der Waals surface area contributed by atoms with Crippen LogP contribution in [0.2, 0.25) is 5.02 Å². The van der Waals surface area contributed by atoms with E-state index in [1.54, 1.807) is 39.0 Å². The summed E-state index contributed by atoms with van der Waals surface area (Å²) in [6.45, 7) is 5.24.